The molecule has 0 fully saturated rings. The van der Waals surface area contributed by atoms with Crippen LogP contribution in [0.15, 0.2) is 0 Å². The van der Waals surface area contributed by atoms with E-state index in [1.54, 1.807) is 0 Å². The number of likely N-dealkylation sites (N-methyl/N-ethyl adjacent to an activating group) is 1. The van der Waals surface area contributed by atoms with Gasteiger partial charge in [0.15, 0.2) is 6.61 Å². The molecule has 0 amide bonds. The van der Waals surface area contributed by atoms with E-state index < -0.39 is 10.4 Å². The highest BCUT2D eigenvalue weighted by molar-refractivity contribution is 7.80. The van der Waals surface area contributed by atoms with Crippen molar-refractivity contribution in [2.75, 3.05) is 26.4 Å². The Morgan fingerprint density at radius 2 is 0.961 bits per heavy atom. The van der Waals surface area contributed by atoms with Crippen molar-refractivity contribution in [1.82, 2.24) is 0 Å². The van der Waals surface area contributed by atoms with Gasteiger partial charge < -0.3 is 14.0 Å². The van der Waals surface area contributed by atoms with Crippen LogP contribution in [0, 0.1) is 0 Å². The number of ether oxygens (including phenoxy) is 2. The topological polar surface area (TPSA) is 105 Å². The fourth-order valence-corrected chi connectivity index (χ4v) is 7.15. The van der Waals surface area contributed by atoms with E-state index in [0.717, 1.165) is 31.7 Å². The molecule has 1 aliphatic heterocycles. The molecule has 0 spiro atoms. The summed E-state index contributed by atoms with van der Waals surface area (Å²) in [6.45, 7) is 9.86. The number of carbonyl (C=O) groups is 1. The molecule has 0 aromatic heterocycles. The van der Waals surface area contributed by atoms with Crippen molar-refractivity contribution in [3.8, 4) is 0 Å². The zero-order valence-electron chi connectivity index (χ0n) is 34.0. The van der Waals surface area contributed by atoms with Gasteiger partial charge in [-0.2, -0.15) is 4.58 Å². The zero-order chi connectivity index (χ0) is 37.7. The summed E-state index contributed by atoms with van der Waals surface area (Å²) in [5, 5.41) is 0. The molecule has 0 bridgehead atoms. The lowest BCUT2D eigenvalue weighted by Crippen LogP contribution is -2.35. The van der Waals surface area contributed by atoms with Gasteiger partial charge in [-0.05, 0) is 26.7 Å². The fourth-order valence-electron chi connectivity index (χ4n) is 6.86. The van der Waals surface area contributed by atoms with Gasteiger partial charge in [-0.1, -0.05) is 194 Å². The molecule has 9 heteroatoms. The smallest absolute Gasteiger partial charge is 0.379 e. The van der Waals surface area contributed by atoms with Crippen molar-refractivity contribution in [3.63, 3.8) is 0 Å². The minimum absolute atomic E-state index is 0.0914. The molecule has 0 aromatic carbocycles. The van der Waals surface area contributed by atoms with Crippen LogP contribution >= 0.6 is 0 Å². The van der Waals surface area contributed by atoms with E-state index >= 15 is 0 Å². The summed E-state index contributed by atoms with van der Waals surface area (Å²) in [7, 11) is -4.42. The Kier molecular flexibility index (Phi) is 36.3. The van der Waals surface area contributed by atoms with Crippen LogP contribution in [0.1, 0.15) is 227 Å². The Morgan fingerprint density at radius 1 is 0.608 bits per heavy atom. The Hall–Kier alpha value is -1.19. The van der Waals surface area contributed by atoms with Crippen molar-refractivity contribution in [2.24, 2.45) is 0 Å². The minimum atomic E-state index is -4.42. The van der Waals surface area contributed by atoms with E-state index in [9.17, 15) is 17.8 Å². The number of carbonyl (C=O) groups excluding carboxylic acids is 1. The monoisotopic (exact) mass is 746 g/mol. The van der Waals surface area contributed by atoms with E-state index in [0.29, 0.717) is 13.2 Å². The van der Waals surface area contributed by atoms with Crippen molar-refractivity contribution >= 4 is 22.3 Å². The van der Waals surface area contributed by atoms with Crippen molar-refractivity contribution in [1.29, 1.82) is 0 Å². The maximum absolute atomic E-state index is 12.8. The van der Waals surface area contributed by atoms with Crippen LogP contribution in [0.3, 0.4) is 0 Å². The molecule has 304 valence electrons. The maximum Gasteiger partial charge on any atom is 0.379 e. The number of rotatable bonds is 36. The zero-order valence-corrected chi connectivity index (χ0v) is 34.9. The van der Waals surface area contributed by atoms with E-state index in [1.165, 1.54) is 187 Å². The largest absolute Gasteiger partial charge is 0.726 e. The quantitative estimate of drug-likeness (QED) is 0.0207. The molecule has 0 aromatic rings. The Labute approximate surface area is 316 Å². The number of unbranched alkanes of at least 4 members (excludes halogenated alkanes) is 28. The molecule has 0 radical (unpaired) electrons. The maximum atomic E-state index is 12.8. The summed E-state index contributed by atoms with van der Waals surface area (Å²) in [6, 6.07) is -0.248. The predicted octanol–water partition coefficient (Wildman–Crippen LogP) is 12.0. The molecule has 0 aliphatic carbocycles. The van der Waals surface area contributed by atoms with Crippen molar-refractivity contribution < 1.29 is 36.0 Å². The van der Waals surface area contributed by atoms with E-state index in [4.69, 9.17) is 9.47 Å². The third-order valence-corrected chi connectivity index (χ3v) is 10.5. The van der Waals surface area contributed by atoms with E-state index in [1.807, 2.05) is 0 Å². The Morgan fingerprint density at radius 3 is 1.27 bits per heavy atom. The first-order chi connectivity index (χ1) is 24.8. The van der Waals surface area contributed by atoms with Gasteiger partial charge in [0.25, 0.3) is 6.04 Å². The average molecular weight is 746 g/mol. The second-order valence-electron chi connectivity index (χ2n) is 14.6. The molecule has 0 saturated carbocycles. The van der Waals surface area contributed by atoms with Gasteiger partial charge in [0.1, 0.15) is 6.54 Å². The molecule has 0 N–H and O–H groups in total. The summed E-state index contributed by atoms with van der Waals surface area (Å²) in [5.41, 5.74) is 0. The molecule has 1 rings (SSSR count). The van der Waals surface area contributed by atoms with Gasteiger partial charge >= 0.3 is 11.9 Å². The fraction of sp³-hybridized carbons (Fsp3) is 0.952. The molecule has 1 heterocycles. The van der Waals surface area contributed by atoms with Gasteiger partial charge in [0.2, 0.25) is 10.4 Å². The van der Waals surface area contributed by atoms with Gasteiger partial charge in [-0.25, -0.2) is 13.2 Å². The minimum Gasteiger partial charge on any atom is -0.726 e. The Balaban J connectivity index is 0.00000321. The molecule has 51 heavy (non-hydrogen) atoms. The summed E-state index contributed by atoms with van der Waals surface area (Å²) in [6.07, 6.45) is 41.9. The van der Waals surface area contributed by atoms with E-state index in [-0.39, 0.29) is 18.6 Å². The number of hydrogen-bond donors (Lipinski definition) is 0. The summed E-state index contributed by atoms with van der Waals surface area (Å²) >= 11 is 0. The molecular weight excluding hydrogens is 663 g/mol. The lowest BCUT2D eigenvalue weighted by Gasteiger charge is -2.08. The third-order valence-electron chi connectivity index (χ3n) is 9.97. The molecule has 8 nitrogen and oxygen atoms in total. The number of hydrogen-bond acceptors (Lipinski definition) is 7. The standard InChI is InChI=1S/C40H78NO3.C2H6O4S/c1-4-7-9-11-13-15-17-19-21-23-25-27-29-31-33-35-39-41(6-3)38(37-44-39)40(42)43-36-34-32-30-28-26-24-22-20-18-16-14-12-10-8-5-2;1-2-6-7(3,4)5/h38H,4-37H2,1-3H3;2H2,1H3,(H,3,4,5)/q+1;/p-1. The highest BCUT2D eigenvalue weighted by Gasteiger charge is 2.40. The first-order valence-electron chi connectivity index (χ1n) is 21.8. The Bertz CT molecular complexity index is 909. The second-order valence-corrected chi connectivity index (χ2v) is 15.7. The van der Waals surface area contributed by atoms with Crippen LogP contribution in [-0.4, -0.2) is 61.8 Å². The predicted molar refractivity (Wildman–Crippen MR) is 212 cm³/mol. The average Bonchev–Trinajstić information content (AvgIpc) is 3.52. The normalized spacial score (nSPS) is 14.4. The molecular formula is C42H83NO7S. The van der Waals surface area contributed by atoms with Crippen LogP contribution in [-0.2, 0) is 28.9 Å². The number of nitrogens with zero attached hydrogens (tertiary/aromatic N) is 1. The van der Waals surface area contributed by atoms with Crippen LogP contribution in [0.4, 0.5) is 0 Å². The van der Waals surface area contributed by atoms with Crippen LogP contribution in [0.5, 0.6) is 0 Å². The van der Waals surface area contributed by atoms with E-state index in [2.05, 4.69) is 29.5 Å². The van der Waals surface area contributed by atoms with Gasteiger partial charge in [0.05, 0.1) is 19.6 Å². The first kappa shape index (κ1) is 49.8. The molecule has 0 saturated heterocycles. The lowest BCUT2D eigenvalue weighted by molar-refractivity contribution is -0.542. The third kappa shape index (κ3) is 33.1. The van der Waals surface area contributed by atoms with Crippen molar-refractivity contribution in [2.45, 2.75) is 233 Å². The van der Waals surface area contributed by atoms with Crippen LogP contribution in [0.25, 0.3) is 0 Å². The second kappa shape index (κ2) is 37.1. The number of esters is 1. The summed E-state index contributed by atoms with van der Waals surface area (Å²) < 4.78 is 45.8. The van der Waals surface area contributed by atoms with Gasteiger partial charge in [0, 0.05) is 0 Å². The van der Waals surface area contributed by atoms with Crippen LogP contribution in [0.2, 0.25) is 0 Å². The van der Waals surface area contributed by atoms with Gasteiger partial charge in [-0.15, -0.1) is 0 Å². The van der Waals surface area contributed by atoms with Crippen LogP contribution < -0.4 is 0 Å². The highest BCUT2D eigenvalue weighted by atomic mass is 32.3. The van der Waals surface area contributed by atoms with Gasteiger partial charge in [-0.3, -0.25) is 4.18 Å². The highest BCUT2D eigenvalue weighted by Crippen LogP contribution is 2.17. The summed E-state index contributed by atoms with van der Waals surface area (Å²) in [4.78, 5) is 12.8. The SMILES string of the molecule is CCCCCCCCCCCCCCCCCOC(=O)C1COC(CCCCCCCCCCCCCCCCC)=[N+]1CC.CCOS(=O)(=O)[O-]. The van der Waals surface area contributed by atoms with Crippen molar-refractivity contribution in [3.05, 3.63) is 0 Å². The molecule has 1 aliphatic rings. The lowest BCUT2D eigenvalue weighted by atomic mass is 10.0. The molecule has 1 atom stereocenters. The molecule has 1 unspecified atom stereocenters. The first-order valence-corrected chi connectivity index (χ1v) is 23.2. The summed E-state index contributed by atoms with van der Waals surface area (Å²) in [5.74, 6) is 0.917.